The summed E-state index contributed by atoms with van der Waals surface area (Å²) >= 11 is 6.78. The van der Waals surface area contributed by atoms with Crippen LogP contribution in [0.1, 0.15) is 106 Å². The van der Waals surface area contributed by atoms with Gasteiger partial charge in [0.15, 0.2) is 0 Å². The Morgan fingerprint density at radius 3 is 2.20 bits per heavy atom. The second-order valence-electron chi connectivity index (χ2n) is 15.6. The maximum absolute atomic E-state index is 14.1. The van der Waals surface area contributed by atoms with Crippen LogP contribution in [0.3, 0.4) is 0 Å². The summed E-state index contributed by atoms with van der Waals surface area (Å²) in [6.07, 6.45) is 2.36. The van der Waals surface area contributed by atoms with Gasteiger partial charge in [0.1, 0.15) is 0 Å². The average Bonchev–Trinajstić information content (AvgIpc) is 2.75. The van der Waals surface area contributed by atoms with Gasteiger partial charge in [-0.2, -0.15) is 0 Å². The van der Waals surface area contributed by atoms with E-state index in [1.54, 1.807) is 0 Å². The number of carbonyl (C=O) groups excluding carboxylic acids is 2. The molecular formula is C32H47ClF2N2O3Si. The quantitative estimate of drug-likeness (QED) is 0.303. The molecule has 3 aliphatic rings. The molecule has 2 saturated carbocycles. The first-order chi connectivity index (χ1) is 18.6. The summed E-state index contributed by atoms with van der Waals surface area (Å²) in [7, 11) is 0.349. The van der Waals surface area contributed by atoms with Gasteiger partial charge in [0.2, 0.25) is 15.7 Å². The first-order valence-corrected chi connectivity index (χ1v) is 16.2. The molecule has 1 unspecified atom stereocenters. The molecule has 1 aromatic carbocycles. The molecule has 1 aliphatic heterocycles. The van der Waals surface area contributed by atoms with Gasteiger partial charge in [0.05, 0.1) is 23.1 Å². The number of aryl methyl sites for hydroxylation is 1. The standard InChI is InChI=1S/C32H47ClF2N2O3Si/c1-28(2,3)13-12-19-10-11-21(16-24(19)33)31(9)25(20-14-22(15-20)30(7,8)40-41-29(4,5)6)26(38)37(27(39)36-31)23-17-32(34,35)18-23/h10-11,16,20,22-23,25H,12-15,17-18H2,1-9H3,(H,36,39)/t20?,22?,25-,31?/m0/s1. The smallest absolute Gasteiger partial charge is 0.325 e. The van der Waals surface area contributed by atoms with Crippen molar-refractivity contribution in [3.63, 3.8) is 0 Å². The Bertz CT molecular complexity index is 1160. The van der Waals surface area contributed by atoms with Gasteiger partial charge in [-0.1, -0.05) is 65.3 Å². The SMILES string of the molecule is CC(C)(C)CCc1ccc(C2(C)NC(=O)N(C3CC(F)(F)C3)C(=O)[C@@H]2C2CC(C(C)(C)O[Si]C(C)(C)C)C2)cc1Cl. The van der Waals surface area contributed by atoms with Gasteiger partial charge in [0.25, 0.3) is 5.92 Å². The van der Waals surface area contributed by atoms with Crippen LogP contribution >= 0.6 is 11.6 Å². The molecule has 1 saturated heterocycles. The van der Waals surface area contributed by atoms with Crippen LogP contribution in [-0.4, -0.2) is 44.2 Å². The summed E-state index contributed by atoms with van der Waals surface area (Å²) in [5.41, 5.74) is 0.584. The number of carbonyl (C=O) groups is 2. The van der Waals surface area contributed by atoms with E-state index in [2.05, 4.69) is 60.7 Å². The Morgan fingerprint density at radius 2 is 1.68 bits per heavy atom. The molecule has 1 aromatic rings. The highest BCUT2D eigenvalue weighted by atomic mass is 35.5. The molecule has 4 rings (SSSR count). The minimum absolute atomic E-state index is 0.0265. The molecule has 0 aromatic heterocycles. The van der Waals surface area contributed by atoms with Crippen LogP contribution in [0.25, 0.3) is 0 Å². The molecule has 3 amide bonds. The van der Waals surface area contributed by atoms with Crippen molar-refractivity contribution in [3.8, 4) is 0 Å². The number of nitrogens with one attached hydrogen (secondary N) is 1. The first kappa shape index (κ1) is 32.4. The number of hydrogen-bond acceptors (Lipinski definition) is 3. The van der Waals surface area contributed by atoms with E-state index in [1.807, 2.05) is 25.1 Å². The second kappa shape index (κ2) is 10.9. The predicted molar refractivity (Wildman–Crippen MR) is 160 cm³/mol. The molecule has 228 valence electrons. The van der Waals surface area contributed by atoms with Gasteiger partial charge in [-0.15, -0.1) is 0 Å². The average molecular weight is 609 g/mol. The van der Waals surface area contributed by atoms with Crippen LogP contribution in [0, 0.1) is 23.2 Å². The molecule has 2 radical (unpaired) electrons. The van der Waals surface area contributed by atoms with Crippen molar-refractivity contribution in [2.24, 2.45) is 23.2 Å². The highest BCUT2D eigenvalue weighted by Crippen LogP contribution is 2.53. The van der Waals surface area contributed by atoms with Crippen molar-refractivity contribution in [3.05, 3.63) is 34.3 Å². The van der Waals surface area contributed by atoms with E-state index in [4.69, 9.17) is 16.0 Å². The Hall–Kier alpha value is -1.51. The molecule has 0 spiro atoms. The molecule has 1 heterocycles. The topological polar surface area (TPSA) is 58.6 Å². The minimum Gasteiger partial charge on any atom is -0.412 e. The van der Waals surface area contributed by atoms with Crippen molar-refractivity contribution >= 4 is 33.3 Å². The Morgan fingerprint density at radius 1 is 1.07 bits per heavy atom. The number of halogens is 3. The van der Waals surface area contributed by atoms with E-state index >= 15 is 0 Å². The molecule has 1 N–H and O–H groups in total. The molecule has 3 fully saturated rings. The van der Waals surface area contributed by atoms with Crippen molar-refractivity contribution in [1.29, 1.82) is 0 Å². The molecule has 2 atom stereocenters. The summed E-state index contributed by atoms with van der Waals surface area (Å²) in [6.45, 7) is 19.1. The van der Waals surface area contributed by atoms with Gasteiger partial charge in [-0.25, -0.2) is 13.6 Å². The van der Waals surface area contributed by atoms with Crippen LogP contribution in [0.5, 0.6) is 0 Å². The fourth-order valence-corrected chi connectivity index (χ4v) is 7.40. The maximum Gasteiger partial charge on any atom is 0.325 e. The third kappa shape index (κ3) is 7.01. The summed E-state index contributed by atoms with van der Waals surface area (Å²) < 4.78 is 34.0. The van der Waals surface area contributed by atoms with E-state index in [9.17, 15) is 18.4 Å². The number of urea groups is 1. The lowest BCUT2D eigenvalue weighted by atomic mass is 9.57. The second-order valence-corrected chi connectivity index (χ2v) is 17.9. The molecule has 2 aliphatic carbocycles. The summed E-state index contributed by atoms with van der Waals surface area (Å²) in [5, 5.41) is 3.77. The van der Waals surface area contributed by atoms with Crippen molar-refractivity contribution < 1.29 is 22.8 Å². The lowest BCUT2D eigenvalue weighted by Crippen LogP contribution is -2.71. The van der Waals surface area contributed by atoms with Crippen LogP contribution < -0.4 is 5.32 Å². The van der Waals surface area contributed by atoms with Gasteiger partial charge in [-0.05, 0) is 85.9 Å². The molecule has 9 heteroatoms. The fourth-order valence-electron chi connectivity index (χ4n) is 6.39. The third-order valence-electron chi connectivity index (χ3n) is 9.19. The van der Waals surface area contributed by atoms with Crippen molar-refractivity contribution in [2.45, 2.75) is 129 Å². The first-order valence-electron chi connectivity index (χ1n) is 14.9. The maximum atomic E-state index is 14.1. The highest BCUT2D eigenvalue weighted by Gasteiger charge is 2.60. The van der Waals surface area contributed by atoms with Crippen molar-refractivity contribution in [1.82, 2.24) is 10.2 Å². The summed E-state index contributed by atoms with van der Waals surface area (Å²) in [6, 6.07) is 4.45. The van der Waals surface area contributed by atoms with Crippen LogP contribution in [-0.2, 0) is 21.2 Å². The number of rotatable bonds is 8. The lowest BCUT2D eigenvalue weighted by molar-refractivity contribution is -0.163. The zero-order chi connectivity index (χ0) is 30.8. The minimum atomic E-state index is -2.84. The van der Waals surface area contributed by atoms with Gasteiger partial charge >= 0.3 is 6.03 Å². The van der Waals surface area contributed by atoms with E-state index in [-0.39, 0.29) is 33.8 Å². The number of alkyl halides is 2. The molecule has 5 nitrogen and oxygen atoms in total. The fraction of sp³-hybridized carbons (Fsp3) is 0.750. The number of amides is 3. The Kier molecular flexibility index (Phi) is 8.60. The molecule has 41 heavy (non-hydrogen) atoms. The van der Waals surface area contributed by atoms with E-state index in [0.717, 1.165) is 41.7 Å². The Labute approximate surface area is 252 Å². The van der Waals surface area contributed by atoms with Crippen LogP contribution in [0.15, 0.2) is 18.2 Å². The normalized spacial score (nSPS) is 29.2. The highest BCUT2D eigenvalue weighted by molar-refractivity contribution is 6.32. The number of hydrogen-bond donors (Lipinski definition) is 1. The largest absolute Gasteiger partial charge is 0.412 e. The lowest BCUT2D eigenvalue weighted by Gasteiger charge is -2.56. The number of nitrogens with zero attached hydrogens (tertiary/aromatic N) is 1. The summed E-state index contributed by atoms with van der Waals surface area (Å²) in [4.78, 5) is 28.6. The van der Waals surface area contributed by atoms with E-state index in [0.29, 0.717) is 14.8 Å². The third-order valence-corrected chi connectivity index (χ3v) is 10.8. The zero-order valence-corrected chi connectivity index (χ0v) is 27.8. The van der Waals surface area contributed by atoms with Gasteiger partial charge in [0, 0.05) is 17.9 Å². The predicted octanol–water partition coefficient (Wildman–Crippen LogP) is 8.16. The zero-order valence-electron chi connectivity index (χ0n) is 26.1. The number of benzene rings is 1. The van der Waals surface area contributed by atoms with E-state index in [1.165, 1.54) is 0 Å². The van der Waals surface area contributed by atoms with E-state index < -0.39 is 42.3 Å². The van der Waals surface area contributed by atoms with Crippen molar-refractivity contribution in [2.75, 3.05) is 0 Å². The van der Waals surface area contributed by atoms with Crippen LogP contribution in [0.2, 0.25) is 10.1 Å². The molecular weight excluding hydrogens is 562 g/mol. The number of imide groups is 1. The van der Waals surface area contributed by atoms with Crippen LogP contribution in [0.4, 0.5) is 13.6 Å². The molecule has 0 bridgehead atoms. The monoisotopic (exact) mass is 608 g/mol. The summed E-state index contributed by atoms with van der Waals surface area (Å²) in [5.74, 6) is -3.57. The Balaban J connectivity index is 1.61. The van der Waals surface area contributed by atoms with Gasteiger partial charge < -0.3 is 9.74 Å². The van der Waals surface area contributed by atoms with Gasteiger partial charge in [-0.3, -0.25) is 9.69 Å².